The summed E-state index contributed by atoms with van der Waals surface area (Å²) in [5.74, 6) is 1.69. The molecule has 0 radical (unpaired) electrons. The second-order valence-corrected chi connectivity index (χ2v) is 4.99. The Morgan fingerprint density at radius 3 is 2.76 bits per heavy atom. The number of aromatic nitrogens is 1. The fourth-order valence-corrected chi connectivity index (χ4v) is 3.00. The first-order valence-electron chi connectivity index (χ1n) is 6.53. The first kappa shape index (κ1) is 10.7. The Labute approximate surface area is 102 Å². The van der Waals surface area contributed by atoms with Gasteiger partial charge in [0.05, 0.1) is 7.11 Å². The molecule has 17 heavy (non-hydrogen) atoms. The van der Waals surface area contributed by atoms with Crippen LogP contribution < -0.4 is 4.74 Å². The van der Waals surface area contributed by atoms with Gasteiger partial charge < -0.3 is 9.72 Å². The van der Waals surface area contributed by atoms with Crippen LogP contribution in [0.2, 0.25) is 0 Å². The third kappa shape index (κ3) is 1.92. The van der Waals surface area contributed by atoms with E-state index in [0.717, 1.165) is 11.7 Å². The van der Waals surface area contributed by atoms with Gasteiger partial charge in [-0.15, -0.1) is 0 Å². The summed E-state index contributed by atoms with van der Waals surface area (Å²) in [5, 5.41) is 1.34. The Kier molecular flexibility index (Phi) is 2.79. The number of hydrogen-bond acceptors (Lipinski definition) is 1. The van der Waals surface area contributed by atoms with Crippen LogP contribution in [0.15, 0.2) is 24.4 Å². The summed E-state index contributed by atoms with van der Waals surface area (Å²) in [6.45, 7) is 0. The van der Waals surface area contributed by atoms with E-state index in [-0.39, 0.29) is 0 Å². The van der Waals surface area contributed by atoms with Crippen molar-refractivity contribution in [3.63, 3.8) is 0 Å². The minimum Gasteiger partial charge on any atom is -0.497 e. The SMILES string of the molecule is COc1ccc2[nH]cc(C3CCCCC3)c2c1. The third-order valence-corrected chi connectivity index (χ3v) is 3.97. The molecule has 1 heterocycles. The Morgan fingerprint density at radius 2 is 2.00 bits per heavy atom. The molecular formula is C15H19NO. The fourth-order valence-electron chi connectivity index (χ4n) is 3.00. The second kappa shape index (κ2) is 4.44. The molecule has 3 rings (SSSR count). The lowest BCUT2D eigenvalue weighted by Gasteiger charge is -2.21. The van der Waals surface area contributed by atoms with Crippen molar-refractivity contribution in [3.8, 4) is 5.75 Å². The van der Waals surface area contributed by atoms with Crippen molar-refractivity contribution in [2.24, 2.45) is 0 Å². The van der Waals surface area contributed by atoms with Crippen molar-refractivity contribution < 1.29 is 4.74 Å². The van der Waals surface area contributed by atoms with Gasteiger partial charge in [0.1, 0.15) is 5.75 Å². The number of benzene rings is 1. The normalized spacial score (nSPS) is 17.5. The molecule has 0 aliphatic heterocycles. The Balaban J connectivity index is 2.02. The fraction of sp³-hybridized carbons (Fsp3) is 0.467. The van der Waals surface area contributed by atoms with E-state index in [1.807, 2.05) is 6.07 Å². The topological polar surface area (TPSA) is 25.0 Å². The second-order valence-electron chi connectivity index (χ2n) is 4.99. The summed E-state index contributed by atoms with van der Waals surface area (Å²) in [5.41, 5.74) is 2.71. The average Bonchev–Trinajstić information content (AvgIpc) is 2.82. The molecule has 1 aromatic carbocycles. The van der Waals surface area contributed by atoms with Crippen LogP contribution in [0.4, 0.5) is 0 Å². The van der Waals surface area contributed by atoms with E-state index in [9.17, 15) is 0 Å². The zero-order valence-electron chi connectivity index (χ0n) is 10.3. The van der Waals surface area contributed by atoms with Gasteiger partial charge in [-0.3, -0.25) is 0 Å². The van der Waals surface area contributed by atoms with Crippen LogP contribution in [0.25, 0.3) is 10.9 Å². The number of methoxy groups -OCH3 is 1. The zero-order chi connectivity index (χ0) is 11.7. The molecule has 1 saturated carbocycles. The van der Waals surface area contributed by atoms with Crippen LogP contribution >= 0.6 is 0 Å². The summed E-state index contributed by atoms with van der Waals surface area (Å²) in [7, 11) is 1.73. The van der Waals surface area contributed by atoms with Crippen molar-refractivity contribution >= 4 is 10.9 Å². The molecule has 1 fully saturated rings. The molecule has 1 N–H and O–H groups in total. The first-order chi connectivity index (χ1) is 8.38. The number of hydrogen-bond donors (Lipinski definition) is 1. The Morgan fingerprint density at radius 1 is 1.18 bits per heavy atom. The molecule has 0 saturated heterocycles. The van der Waals surface area contributed by atoms with Crippen LogP contribution in [0, 0.1) is 0 Å². The highest BCUT2D eigenvalue weighted by Crippen LogP contribution is 2.37. The van der Waals surface area contributed by atoms with Crippen LogP contribution in [0.3, 0.4) is 0 Å². The number of fused-ring (bicyclic) bond motifs is 1. The van der Waals surface area contributed by atoms with Crippen LogP contribution in [0.5, 0.6) is 5.75 Å². The number of ether oxygens (including phenoxy) is 1. The van der Waals surface area contributed by atoms with E-state index in [1.54, 1.807) is 7.11 Å². The van der Waals surface area contributed by atoms with E-state index in [2.05, 4.69) is 23.3 Å². The van der Waals surface area contributed by atoms with Crippen molar-refractivity contribution in [2.45, 2.75) is 38.0 Å². The maximum absolute atomic E-state index is 5.32. The van der Waals surface area contributed by atoms with E-state index < -0.39 is 0 Å². The zero-order valence-corrected chi connectivity index (χ0v) is 10.3. The van der Waals surface area contributed by atoms with Crippen LogP contribution in [-0.4, -0.2) is 12.1 Å². The lowest BCUT2D eigenvalue weighted by molar-refractivity contribution is 0.415. The molecule has 2 heteroatoms. The molecule has 0 amide bonds. The number of nitrogens with one attached hydrogen (secondary N) is 1. The standard InChI is InChI=1S/C15H19NO/c1-17-12-7-8-15-13(9-12)14(10-16-15)11-5-3-2-4-6-11/h7-11,16H,2-6H2,1H3. The summed E-state index contributed by atoms with van der Waals surface area (Å²) >= 11 is 0. The van der Waals surface area contributed by atoms with Crippen molar-refractivity contribution in [1.82, 2.24) is 4.98 Å². The molecule has 1 aromatic heterocycles. The minimum absolute atomic E-state index is 0.740. The third-order valence-electron chi connectivity index (χ3n) is 3.97. The monoisotopic (exact) mass is 229 g/mol. The van der Waals surface area contributed by atoms with Crippen molar-refractivity contribution in [2.75, 3.05) is 7.11 Å². The predicted octanol–water partition coefficient (Wildman–Crippen LogP) is 4.22. The summed E-state index contributed by atoms with van der Waals surface area (Å²) in [6, 6.07) is 6.29. The van der Waals surface area contributed by atoms with Crippen molar-refractivity contribution in [3.05, 3.63) is 30.0 Å². The molecule has 0 unspecified atom stereocenters. The summed E-state index contributed by atoms with van der Waals surface area (Å²) in [4.78, 5) is 3.38. The van der Waals surface area contributed by atoms with Gasteiger partial charge in [-0.25, -0.2) is 0 Å². The molecule has 90 valence electrons. The van der Waals surface area contributed by atoms with Gasteiger partial charge in [0.15, 0.2) is 0 Å². The lowest BCUT2D eigenvalue weighted by atomic mass is 9.84. The highest BCUT2D eigenvalue weighted by atomic mass is 16.5. The smallest absolute Gasteiger partial charge is 0.119 e. The first-order valence-corrected chi connectivity index (χ1v) is 6.53. The van der Waals surface area contributed by atoms with Gasteiger partial charge in [0, 0.05) is 17.1 Å². The molecule has 0 atom stereocenters. The maximum Gasteiger partial charge on any atom is 0.119 e. The van der Waals surface area contributed by atoms with Gasteiger partial charge >= 0.3 is 0 Å². The molecule has 1 aliphatic rings. The molecule has 2 aromatic rings. The minimum atomic E-state index is 0.740. The van der Waals surface area contributed by atoms with Gasteiger partial charge in [-0.05, 0) is 42.5 Å². The van der Waals surface area contributed by atoms with E-state index >= 15 is 0 Å². The molecule has 2 nitrogen and oxygen atoms in total. The lowest BCUT2D eigenvalue weighted by Crippen LogP contribution is -2.03. The summed E-state index contributed by atoms with van der Waals surface area (Å²) < 4.78 is 5.32. The van der Waals surface area contributed by atoms with E-state index in [4.69, 9.17) is 4.74 Å². The number of aromatic amines is 1. The van der Waals surface area contributed by atoms with Crippen LogP contribution in [0.1, 0.15) is 43.6 Å². The number of rotatable bonds is 2. The Hall–Kier alpha value is -1.44. The average molecular weight is 229 g/mol. The van der Waals surface area contributed by atoms with Gasteiger partial charge in [0.2, 0.25) is 0 Å². The maximum atomic E-state index is 5.32. The van der Waals surface area contributed by atoms with E-state index in [0.29, 0.717) is 0 Å². The largest absolute Gasteiger partial charge is 0.497 e. The van der Waals surface area contributed by atoms with Gasteiger partial charge in [0.25, 0.3) is 0 Å². The Bertz CT molecular complexity index is 509. The highest BCUT2D eigenvalue weighted by Gasteiger charge is 2.18. The van der Waals surface area contributed by atoms with Crippen molar-refractivity contribution in [1.29, 1.82) is 0 Å². The molecular weight excluding hydrogens is 210 g/mol. The highest BCUT2D eigenvalue weighted by molar-refractivity contribution is 5.85. The predicted molar refractivity (Wildman–Crippen MR) is 70.7 cm³/mol. The molecule has 1 aliphatic carbocycles. The number of H-pyrrole nitrogens is 1. The van der Waals surface area contributed by atoms with Gasteiger partial charge in [-0.2, -0.15) is 0 Å². The van der Waals surface area contributed by atoms with E-state index in [1.165, 1.54) is 48.6 Å². The molecule has 0 spiro atoms. The molecule has 0 bridgehead atoms. The van der Waals surface area contributed by atoms with Gasteiger partial charge in [-0.1, -0.05) is 19.3 Å². The summed E-state index contributed by atoms with van der Waals surface area (Å²) in [6.07, 6.45) is 9.03. The quantitative estimate of drug-likeness (QED) is 0.819. The van der Waals surface area contributed by atoms with Crippen LogP contribution in [-0.2, 0) is 0 Å².